The zero-order valence-electron chi connectivity index (χ0n) is 11.9. The summed E-state index contributed by atoms with van der Waals surface area (Å²) in [5.41, 5.74) is 7.07. The molecule has 0 unspecified atom stereocenters. The summed E-state index contributed by atoms with van der Waals surface area (Å²) in [4.78, 5) is 16.2. The lowest BCUT2D eigenvalue weighted by molar-refractivity contribution is -0.131. The number of benzene rings is 1. The van der Waals surface area contributed by atoms with E-state index >= 15 is 0 Å². The first-order valence-corrected chi connectivity index (χ1v) is 7.81. The van der Waals surface area contributed by atoms with Crippen LogP contribution in [0.2, 0.25) is 0 Å². The molecule has 2 rings (SSSR count). The third-order valence-corrected chi connectivity index (χ3v) is 4.47. The quantitative estimate of drug-likeness (QED) is 0.910. The van der Waals surface area contributed by atoms with E-state index in [-0.39, 0.29) is 11.9 Å². The van der Waals surface area contributed by atoms with Crippen molar-refractivity contribution in [2.75, 3.05) is 26.7 Å². The maximum Gasteiger partial charge on any atom is 0.236 e. The van der Waals surface area contributed by atoms with Crippen LogP contribution in [0.3, 0.4) is 0 Å². The Morgan fingerprint density at radius 3 is 2.95 bits per heavy atom. The highest BCUT2D eigenvalue weighted by molar-refractivity contribution is 9.10. The molecule has 1 fully saturated rings. The molecule has 1 aliphatic rings. The fourth-order valence-corrected chi connectivity index (χ4v) is 2.93. The van der Waals surface area contributed by atoms with Crippen molar-refractivity contribution in [1.29, 1.82) is 0 Å². The lowest BCUT2D eigenvalue weighted by Crippen LogP contribution is -2.47. The third-order valence-electron chi connectivity index (χ3n) is 3.69. The summed E-state index contributed by atoms with van der Waals surface area (Å²) in [6, 6.07) is 8.21. The molecule has 0 radical (unpaired) electrons. The molecular weight excluding hydrogens is 318 g/mol. The number of likely N-dealkylation sites (tertiary alicyclic amines) is 1. The minimum absolute atomic E-state index is 0.148. The van der Waals surface area contributed by atoms with Gasteiger partial charge in [0.25, 0.3) is 0 Å². The molecule has 1 heterocycles. The van der Waals surface area contributed by atoms with Crippen molar-refractivity contribution in [2.24, 2.45) is 5.73 Å². The van der Waals surface area contributed by atoms with Crippen LogP contribution in [0, 0.1) is 0 Å². The number of nitrogens with zero attached hydrogens (tertiary/aromatic N) is 2. The first-order chi connectivity index (χ1) is 9.56. The van der Waals surface area contributed by atoms with Crippen LogP contribution in [-0.4, -0.2) is 48.4 Å². The molecule has 0 bridgehead atoms. The van der Waals surface area contributed by atoms with E-state index in [0.717, 1.165) is 36.0 Å². The van der Waals surface area contributed by atoms with Crippen LogP contribution >= 0.6 is 15.9 Å². The van der Waals surface area contributed by atoms with Crippen molar-refractivity contribution >= 4 is 21.8 Å². The number of halogens is 1. The fourth-order valence-electron chi connectivity index (χ4n) is 2.52. The lowest BCUT2D eigenvalue weighted by atomic mass is 10.1. The van der Waals surface area contributed by atoms with E-state index in [1.807, 2.05) is 31.3 Å². The largest absolute Gasteiger partial charge is 0.340 e. The summed E-state index contributed by atoms with van der Waals surface area (Å²) >= 11 is 3.52. The van der Waals surface area contributed by atoms with Crippen molar-refractivity contribution < 1.29 is 4.79 Å². The Morgan fingerprint density at radius 1 is 1.50 bits per heavy atom. The maximum absolute atomic E-state index is 12.3. The van der Waals surface area contributed by atoms with Crippen molar-refractivity contribution in [2.45, 2.75) is 25.4 Å². The van der Waals surface area contributed by atoms with Gasteiger partial charge in [0.15, 0.2) is 0 Å². The van der Waals surface area contributed by atoms with Gasteiger partial charge < -0.3 is 10.6 Å². The number of carbonyl (C=O) groups is 1. The van der Waals surface area contributed by atoms with Crippen LogP contribution in [0.1, 0.15) is 18.4 Å². The summed E-state index contributed by atoms with van der Waals surface area (Å²) in [5, 5.41) is 0. The topological polar surface area (TPSA) is 49.6 Å². The third kappa shape index (κ3) is 4.30. The molecule has 5 heteroatoms. The molecule has 1 aromatic rings. The molecule has 1 aliphatic heterocycles. The van der Waals surface area contributed by atoms with Gasteiger partial charge in [-0.1, -0.05) is 34.1 Å². The number of likely N-dealkylation sites (N-methyl/N-ethyl adjacent to an activating group) is 1. The Morgan fingerprint density at radius 2 is 2.25 bits per heavy atom. The second-order valence-corrected chi connectivity index (χ2v) is 6.33. The number of hydrogen-bond donors (Lipinski definition) is 1. The predicted molar refractivity (Wildman–Crippen MR) is 84.3 cm³/mol. The Balaban J connectivity index is 1.87. The fraction of sp³-hybridized carbons (Fsp3) is 0.533. The molecule has 1 amide bonds. The highest BCUT2D eigenvalue weighted by Gasteiger charge is 2.20. The second kappa shape index (κ2) is 7.20. The van der Waals surface area contributed by atoms with Gasteiger partial charge in [0.2, 0.25) is 5.91 Å². The number of amides is 1. The van der Waals surface area contributed by atoms with Gasteiger partial charge in [-0.3, -0.25) is 9.69 Å². The average Bonchev–Trinajstić information content (AvgIpc) is 2.41. The average molecular weight is 340 g/mol. The van der Waals surface area contributed by atoms with Gasteiger partial charge in [0.05, 0.1) is 6.54 Å². The van der Waals surface area contributed by atoms with Gasteiger partial charge in [-0.25, -0.2) is 0 Å². The van der Waals surface area contributed by atoms with Crippen LogP contribution < -0.4 is 5.73 Å². The number of hydrogen-bond acceptors (Lipinski definition) is 3. The molecule has 4 nitrogen and oxygen atoms in total. The summed E-state index contributed by atoms with van der Waals surface area (Å²) in [6.45, 7) is 2.89. The molecule has 0 aliphatic carbocycles. The predicted octanol–water partition coefficient (Wildman–Crippen LogP) is 1.83. The van der Waals surface area contributed by atoms with E-state index < -0.39 is 0 Å². The molecule has 0 saturated carbocycles. The van der Waals surface area contributed by atoms with Crippen LogP contribution in [0.25, 0.3) is 0 Å². The molecule has 1 atom stereocenters. The Labute approximate surface area is 129 Å². The van der Waals surface area contributed by atoms with Crippen LogP contribution in [0.15, 0.2) is 28.7 Å². The normalized spacial score (nSPS) is 19.9. The number of nitrogens with two attached hydrogens (primary N) is 1. The maximum atomic E-state index is 12.3. The summed E-state index contributed by atoms with van der Waals surface area (Å²) in [6.07, 6.45) is 2.15. The molecule has 0 spiro atoms. The van der Waals surface area contributed by atoms with Gasteiger partial charge in [-0.15, -0.1) is 0 Å². The molecule has 2 N–H and O–H groups in total. The van der Waals surface area contributed by atoms with E-state index in [9.17, 15) is 4.79 Å². The first kappa shape index (κ1) is 15.5. The molecule has 1 saturated heterocycles. The van der Waals surface area contributed by atoms with E-state index in [1.54, 1.807) is 4.90 Å². The number of rotatable bonds is 4. The first-order valence-electron chi connectivity index (χ1n) is 7.01. The van der Waals surface area contributed by atoms with Crippen molar-refractivity contribution in [3.8, 4) is 0 Å². The Kier molecular flexibility index (Phi) is 5.57. The van der Waals surface area contributed by atoms with Crippen molar-refractivity contribution in [3.05, 3.63) is 34.3 Å². The smallest absolute Gasteiger partial charge is 0.236 e. The lowest BCUT2D eigenvalue weighted by Gasteiger charge is -2.31. The monoisotopic (exact) mass is 339 g/mol. The van der Waals surface area contributed by atoms with Gasteiger partial charge in [0.1, 0.15) is 0 Å². The Hall–Kier alpha value is -0.910. The van der Waals surface area contributed by atoms with Gasteiger partial charge in [-0.05, 0) is 31.0 Å². The molecule has 110 valence electrons. The van der Waals surface area contributed by atoms with Crippen LogP contribution in [0.4, 0.5) is 0 Å². The Bertz CT molecular complexity index is 466. The van der Waals surface area contributed by atoms with E-state index in [2.05, 4.69) is 20.8 Å². The standard InChI is InChI=1S/C15H22BrN3O/c1-18(9-12-5-2-3-7-14(12)16)15(20)11-19-8-4-6-13(17)10-19/h2-3,5,7,13H,4,6,8-11,17H2,1H3/t13-/m1/s1. The zero-order chi connectivity index (χ0) is 14.5. The van der Waals surface area contributed by atoms with Crippen LogP contribution in [0.5, 0.6) is 0 Å². The summed E-state index contributed by atoms with van der Waals surface area (Å²) < 4.78 is 1.04. The van der Waals surface area contributed by atoms with E-state index in [4.69, 9.17) is 5.73 Å². The summed E-state index contributed by atoms with van der Waals surface area (Å²) in [7, 11) is 1.85. The van der Waals surface area contributed by atoms with Crippen molar-refractivity contribution in [3.63, 3.8) is 0 Å². The van der Waals surface area contributed by atoms with E-state index in [0.29, 0.717) is 13.1 Å². The minimum atomic E-state index is 0.148. The number of carbonyl (C=O) groups excluding carboxylic acids is 1. The number of piperidine rings is 1. The van der Waals surface area contributed by atoms with E-state index in [1.165, 1.54) is 0 Å². The van der Waals surface area contributed by atoms with Gasteiger partial charge in [-0.2, -0.15) is 0 Å². The molecule has 1 aromatic carbocycles. The minimum Gasteiger partial charge on any atom is -0.340 e. The van der Waals surface area contributed by atoms with Crippen molar-refractivity contribution in [1.82, 2.24) is 9.80 Å². The zero-order valence-corrected chi connectivity index (χ0v) is 13.5. The highest BCUT2D eigenvalue weighted by atomic mass is 79.9. The van der Waals surface area contributed by atoms with Crippen LogP contribution in [-0.2, 0) is 11.3 Å². The molecular formula is C15H22BrN3O. The molecule has 20 heavy (non-hydrogen) atoms. The van der Waals surface area contributed by atoms with Gasteiger partial charge >= 0.3 is 0 Å². The SMILES string of the molecule is CN(Cc1ccccc1Br)C(=O)CN1CCC[C@@H](N)C1. The highest BCUT2D eigenvalue weighted by Crippen LogP contribution is 2.17. The van der Waals surface area contributed by atoms with Gasteiger partial charge in [0, 0.05) is 30.7 Å². The summed E-state index contributed by atoms with van der Waals surface area (Å²) in [5.74, 6) is 0.148. The second-order valence-electron chi connectivity index (χ2n) is 5.48. The molecule has 0 aromatic heterocycles.